The lowest BCUT2D eigenvalue weighted by molar-refractivity contribution is 0.0527. The van der Waals surface area contributed by atoms with Crippen molar-refractivity contribution in [2.24, 2.45) is 0 Å². The van der Waals surface area contributed by atoms with Crippen LogP contribution in [-0.4, -0.2) is 32.8 Å². The van der Waals surface area contributed by atoms with Crippen molar-refractivity contribution in [1.29, 1.82) is 0 Å². The molecular weight excluding hydrogens is 324 g/mol. The van der Waals surface area contributed by atoms with Gasteiger partial charge in [-0.1, -0.05) is 12.1 Å². The summed E-state index contributed by atoms with van der Waals surface area (Å²) in [5, 5.41) is 5.32. The molecule has 2 aromatic carbocycles. The molecule has 0 fully saturated rings. The Morgan fingerprint density at radius 3 is 2.36 bits per heavy atom. The van der Waals surface area contributed by atoms with Gasteiger partial charge in [0.05, 0.1) is 37.8 Å². The molecule has 0 aromatic heterocycles. The van der Waals surface area contributed by atoms with E-state index in [0.29, 0.717) is 22.9 Å². The van der Waals surface area contributed by atoms with Crippen LogP contribution in [0.4, 0.5) is 16.2 Å². The monoisotopic (exact) mass is 344 g/mol. The van der Waals surface area contributed by atoms with Crippen molar-refractivity contribution in [2.75, 3.05) is 31.5 Å². The molecule has 0 aliphatic rings. The number of anilines is 2. The van der Waals surface area contributed by atoms with Crippen LogP contribution in [0.3, 0.4) is 0 Å². The number of hydrogen-bond acceptors (Lipinski definition) is 5. The van der Waals surface area contributed by atoms with Gasteiger partial charge < -0.3 is 24.8 Å². The SMILES string of the molecule is CCOC(=O)c1ccccc1NC(=O)Nc1ccc(OC)cc1OC. The van der Waals surface area contributed by atoms with E-state index in [2.05, 4.69) is 10.6 Å². The summed E-state index contributed by atoms with van der Waals surface area (Å²) in [4.78, 5) is 24.2. The maximum absolute atomic E-state index is 12.3. The van der Waals surface area contributed by atoms with Crippen LogP contribution >= 0.6 is 0 Å². The Morgan fingerprint density at radius 2 is 1.68 bits per heavy atom. The minimum Gasteiger partial charge on any atom is -0.497 e. The van der Waals surface area contributed by atoms with E-state index in [1.165, 1.54) is 7.11 Å². The van der Waals surface area contributed by atoms with Crippen molar-refractivity contribution < 1.29 is 23.8 Å². The third-order valence-corrected chi connectivity index (χ3v) is 3.33. The zero-order valence-electron chi connectivity index (χ0n) is 14.3. The van der Waals surface area contributed by atoms with E-state index in [4.69, 9.17) is 14.2 Å². The fraction of sp³-hybridized carbons (Fsp3) is 0.222. The van der Waals surface area contributed by atoms with E-state index in [9.17, 15) is 9.59 Å². The molecule has 25 heavy (non-hydrogen) atoms. The minimum atomic E-state index is -0.514. The molecule has 0 spiro atoms. The van der Waals surface area contributed by atoms with Gasteiger partial charge in [0.1, 0.15) is 11.5 Å². The number of nitrogens with one attached hydrogen (secondary N) is 2. The standard InChI is InChI=1S/C18H20N2O5/c1-4-25-17(21)13-7-5-6-8-14(13)19-18(22)20-15-10-9-12(23-2)11-16(15)24-3/h5-11H,4H2,1-3H3,(H2,19,20,22). The predicted molar refractivity (Wildman–Crippen MR) is 94.6 cm³/mol. The van der Waals surface area contributed by atoms with Gasteiger partial charge in [-0.05, 0) is 31.2 Å². The van der Waals surface area contributed by atoms with Gasteiger partial charge in [-0.15, -0.1) is 0 Å². The van der Waals surface area contributed by atoms with Gasteiger partial charge in [-0.2, -0.15) is 0 Å². The first-order valence-corrected chi connectivity index (χ1v) is 7.65. The van der Waals surface area contributed by atoms with Crippen LogP contribution in [0.1, 0.15) is 17.3 Å². The summed E-state index contributed by atoms with van der Waals surface area (Å²) in [5.41, 5.74) is 1.10. The molecule has 7 heteroatoms. The van der Waals surface area contributed by atoms with E-state index >= 15 is 0 Å². The zero-order valence-corrected chi connectivity index (χ0v) is 14.3. The average molecular weight is 344 g/mol. The van der Waals surface area contributed by atoms with Crippen LogP contribution in [0.2, 0.25) is 0 Å². The Kier molecular flexibility index (Phi) is 6.22. The fourth-order valence-electron chi connectivity index (χ4n) is 2.16. The summed E-state index contributed by atoms with van der Waals surface area (Å²) in [5.74, 6) is 0.559. The highest BCUT2D eigenvalue weighted by Gasteiger charge is 2.15. The summed E-state index contributed by atoms with van der Waals surface area (Å²) in [6.07, 6.45) is 0. The van der Waals surface area contributed by atoms with Gasteiger partial charge in [0, 0.05) is 6.07 Å². The summed E-state index contributed by atoms with van der Waals surface area (Å²) < 4.78 is 15.3. The lowest BCUT2D eigenvalue weighted by atomic mass is 10.2. The summed E-state index contributed by atoms with van der Waals surface area (Å²) in [6.45, 7) is 1.97. The van der Waals surface area contributed by atoms with Crippen LogP contribution in [0, 0.1) is 0 Å². The summed E-state index contributed by atoms with van der Waals surface area (Å²) >= 11 is 0. The first-order chi connectivity index (χ1) is 12.1. The maximum Gasteiger partial charge on any atom is 0.340 e. The molecule has 0 atom stereocenters. The second kappa shape index (κ2) is 8.58. The second-order valence-corrected chi connectivity index (χ2v) is 4.91. The number of esters is 1. The number of methoxy groups -OCH3 is 2. The second-order valence-electron chi connectivity index (χ2n) is 4.91. The highest BCUT2D eigenvalue weighted by atomic mass is 16.5. The summed E-state index contributed by atoms with van der Waals surface area (Å²) in [6, 6.07) is 11.1. The van der Waals surface area contributed by atoms with Crippen LogP contribution in [0.5, 0.6) is 11.5 Å². The van der Waals surface area contributed by atoms with Crippen molar-refractivity contribution in [1.82, 2.24) is 0 Å². The molecule has 132 valence electrons. The number of para-hydroxylation sites is 1. The molecule has 0 radical (unpaired) electrons. The third kappa shape index (κ3) is 4.63. The minimum absolute atomic E-state index is 0.252. The normalized spacial score (nSPS) is 9.88. The molecule has 2 rings (SSSR count). The molecule has 0 aliphatic carbocycles. The molecule has 2 amide bonds. The van der Waals surface area contributed by atoms with E-state index in [-0.39, 0.29) is 12.2 Å². The van der Waals surface area contributed by atoms with Crippen molar-refractivity contribution in [3.8, 4) is 11.5 Å². The first-order valence-electron chi connectivity index (χ1n) is 7.65. The zero-order chi connectivity index (χ0) is 18.2. The molecule has 2 N–H and O–H groups in total. The number of rotatable bonds is 6. The molecule has 0 aliphatic heterocycles. The van der Waals surface area contributed by atoms with Crippen molar-refractivity contribution in [3.05, 3.63) is 48.0 Å². The fourth-order valence-corrected chi connectivity index (χ4v) is 2.16. The number of ether oxygens (including phenoxy) is 3. The van der Waals surface area contributed by atoms with Crippen LogP contribution < -0.4 is 20.1 Å². The molecule has 0 heterocycles. The van der Waals surface area contributed by atoms with Crippen LogP contribution in [0.25, 0.3) is 0 Å². The number of amides is 2. The van der Waals surface area contributed by atoms with Gasteiger partial charge in [0.25, 0.3) is 0 Å². The van der Waals surface area contributed by atoms with E-state index in [1.54, 1.807) is 56.5 Å². The molecule has 7 nitrogen and oxygen atoms in total. The lowest BCUT2D eigenvalue weighted by Gasteiger charge is -2.14. The first kappa shape index (κ1) is 18.1. The predicted octanol–water partition coefficient (Wildman–Crippen LogP) is 3.52. The maximum atomic E-state index is 12.3. The molecule has 0 bridgehead atoms. The smallest absolute Gasteiger partial charge is 0.340 e. The number of hydrogen-bond donors (Lipinski definition) is 2. The Morgan fingerprint density at radius 1 is 0.960 bits per heavy atom. The van der Waals surface area contributed by atoms with Gasteiger partial charge >= 0.3 is 12.0 Å². The van der Waals surface area contributed by atoms with Gasteiger partial charge in [0.15, 0.2) is 0 Å². The number of benzene rings is 2. The van der Waals surface area contributed by atoms with Crippen molar-refractivity contribution in [2.45, 2.75) is 6.92 Å². The highest BCUT2D eigenvalue weighted by Crippen LogP contribution is 2.29. The largest absolute Gasteiger partial charge is 0.497 e. The van der Waals surface area contributed by atoms with E-state index in [0.717, 1.165) is 0 Å². The third-order valence-electron chi connectivity index (χ3n) is 3.33. The molecule has 0 saturated heterocycles. The Labute approximate surface area is 145 Å². The molecule has 2 aromatic rings. The Balaban J connectivity index is 2.15. The molecule has 0 saturated carbocycles. The quantitative estimate of drug-likeness (QED) is 0.783. The van der Waals surface area contributed by atoms with Gasteiger partial charge in [-0.25, -0.2) is 9.59 Å². The highest BCUT2D eigenvalue weighted by molar-refractivity contribution is 6.05. The van der Waals surface area contributed by atoms with E-state index < -0.39 is 12.0 Å². The van der Waals surface area contributed by atoms with E-state index in [1.807, 2.05) is 0 Å². The number of carbonyl (C=O) groups excluding carboxylic acids is 2. The molecule has 0 unspecified atom stereocenters. The van der Waals surface area contributed by atoms with Crippen LogP contribution in [-0.2, 0) is 4.74 Å². The molecular formula is C18H20N2O5. The topological polar surface area (TPSA) is 85.9 Å². The van der Waals surface area contributed by atoms with Crippen molar-refractivity contribution in [3.63, 3.8) is 0 Å². The number of carbonyl (C=O) groups is 2. The van der Waals surface area contributed by atoms with Gasteiger partial charge in [-0.3, -0.25) is 0 Å². The average Bonchev–Trinajstić information content (AvgIpc) is 2.62. The Bertz CT molecular complexity index is 761. The summed E-state index contributed by atoms with van der Waals surface area (Å²) in [7, 11) is 3.04. The Hall–Kier alpha value is -3.22. The van der Waals surface area contributed by atoms with Gasteiger partial charge in [0.2, 0.25) is 0 Å². The van der Waals surface area contributed by atoms with Crippen LogP contribution in [0.15, 0.2) is 42.5 Å². The lowest BCUT2D eigenvalue weighted by Crippen LogP contribution is -2.21. The van der Waals surface area contributed by atoms with Crippen molar-refractivity contribution >= 4 is 23.4 Å². The number of urea groups is 1.